The summed E-state index contributed by atoms with van der Waals surface area (Å²) in [4.78, 5) is 10.6. The summed E-state index contributed by atoms with van der Waals surface area (Å²) in [6, 6.07) is -0.187. The van der Waals surface area contributed by atoms with Crippen LogP contribution in [-0.2, 0) is 4.79 Å². The van der Waals surface area contributed by atoms with Crippen LogP contribution in [0.2, 0.25) is 0 Å². The lowest BCUT2D eigenvalue weighted by molar-refractivity contribution is -0.141. The minimum atomic E-state index is -0.782. The summed E-state index contributed by atoms with van der Waals surface area (Å²) in [7, 11) is 0. The predicted octanol–water partition coefficient (Wildman–Crippen LogP) is 1.47. The summed E-state index contributed by atoms with van der Waals surface area (Å²) in [6.07, 6.45) is 3.45. The molecule has 1 fully saturated rings. The molecule has 0 bridgehead atoms. The first-order valence-corrected chi connectivity index (χ1v) is 5.00. The van der Waals surface area contributed by atoms with E-state index in [0.29, 0.717) is 5.92 Å². The van der Waals surface area contributed by atoms with Crippen molar-refractivity contribution >= 4 is 5.97 Å². The molecule has 3 heteroatoms. The fraction of sp³-hybridized carbons (Fsp3) is 0.900. The summed E-state index contributed by atoms with van der Waals surface area (Å²) >= 11 is 0. The highest BCUT2D eigenvalue weighted by Crippen LogP contribution is 2.38. The van der Waals surface area contributed by atoms with Crippen LogP contribution in [0.1, 0.15) is 33.1 Å². The number of nitrogens with two attached hydrogens (primary N) is 1. The molecule has 0 aromatic heterocycles. The maximum Gasteiger partial charge on any atom is 0.307 e. The molecule has 3 N–H and O–H groups in total. The number of rotatable bonds is 5. The Bertz CT molecular complexity index is 189. The quantitative estimate of drug-likeness (QED) is 0.681. The van der Waals surface area contributed by atoms with Gasteiger partial charge in [-0.15, -0.1) is 0 Å². The van der Waals surface area contributed by atoms with Gasteiger partial charge in [0.25, 0.3) is 0 Å². The third kappa shape index (κ3) is 2.99. The zero-order chi connectivity index (χ0) is 10.0. The van der Waals surface area contributed by atoms with Gasteiger partial charge in [0.1, 0.15) is 0 Å². The van der Waals surface area contributed by atoms with Crippen molar-refractivity contribution in [2.45, 2.75) is 39.2 Å². The first-order chi connectivity index (χ1) is 6.02. The zero-order valence-electron chi connectivity index (χ0n) is 8.36. The molecule has 0 saturated heterocycles. The Labute approximate surface area is 79.3 Å². The second kappa shape index (κ2) is 4.09. The molecule has 76 valence electrons. The molecule has 0 aromatic carbocycles. The van der Waals surface area contributed by atoms with Gasteiger partial charge in [-0.2, -0.15) is 0 Å². The van der Waals surface area contributed by atoms with E-state index < -0.39 is 11.9 Å². The molecule has 3 nitrogen and oxygen atoms in total. The van der Waals surface area contributed by atoms with E-state index in [2.05, 4.69) is 6.92 Å². The molecule has 0 amide bonds. The van der Waals surface area contributed by atoms with Crippen molar-refractivity contribution in [2.24, 2.45) is 23.5 Å². The number of carboxylic acids is 1. The Balaban J connectivity index is 2.30. The topological polar surface area (TPSA) is 63.3 Å². The van der Waals surface area contributed by atoms with Crippen molar-refractivity contribution in [1.29, 1.82) is 0 Å². The van der Waals surface area contributed by atoms with Crippen LogP contribution >= 0.6 is 0 Å². The lowest BCUT2D eigenvalue weighted by Gasteiger charge is -2.19. The van der Waals surface area contributed by atoms with Crippen LogP contribution in [0.5, 0.6) is 0 Å². The molecule has 3 atom stereocenters. The molecule has 0 aliphatic heterocycles. The van der Waals surface area contributed by atoms with Gasteiger partial charge in [0.2, 0.25) is 0 Å². The van der Waals surface area contributed by atoms with Gasteiger partial charge in [-0.3, -0.25) is 4.79 Å². The SMILES string of the molecule is CC(C(=O)O)[C@@H](N)C[C@H](C)C1CC1. The highest BCUT2D eigenvalue weighted by Gasteiger charge is 2.31. The molecule has 0 heterocycles. The van der Waals surface area contributed by atoms with Crippen LogP contribution in [0.25, 0.3) is 0 Å². The third-order valence-corrected chi connectivity index (χ3v) is 3.10. The highest BCUT2D eigenvalue weighted by molar-refractivity contribution is 5.70. The minimum Gasteiger partial charge on any atom is -0.481 e. The summed E-state index contributed by atoms with van der Waals surface area (Å²) in [5.41, 5.74) is 5.80. The van der Waals surface area contributed by atoms with Crippen molar-refractivity contribution < 1.29 is 9.90 Å². The Morgan fingerprint density at radius 2 is 2.08 bits per heavy atom. The standard InChI is InChI=1S/C10H19NO2/c1-6(8-3-4-8)5-9(11)7(2)10(12)13/h6-9H,3-5,11H2,1-2H3,(H,12,13)/t6-,7?,9-/m0/s1. The van der Waals surface area contributed by atoms with Crippen molar-refractivity contribution in [3.8, 4) is 0 Å². The normalized spacial score (nSPS) is 23.6. The molecule has 1 rings (SSSR count). The summed E-state index contributed by atoms with van der Waals surface area (Å²) in [6.45, 7) is 3.86. The number of carboxylic acid groups (broad SMARTS) is 1. The van der Waals surface area contributed by atoms with Gasteiger partial charge >= 0.3 is 5.97 Å². The molecule has 13 heavy (non-hydrogen) atoms. The lowest BCUT2D eigenvalue weighted by atomic mass is 9.91. The van der Waals surface area contributed by atoms with Crippen LogP contribution in [0.4, 0.5) is 0 Å². The number of hydrogen-bond donors (Lipinski definition) is 2. The van der Waals surface area contributed by atoms with Crippen molar-refractivity contribution in [3.63, 3.8) is 0 Å². The molecular weight excluding hydrogens is 166 g/mol. The molecule has 0 aromatic rings. The first-order valence-electron chi connectivity index (χ1n) is 5.00. The fourth-order valence-corrected chi connectivity index (χ4v) is 1.67. The largest absolute Gasteiger partial charge is 0.481 e. The number of hydrogen-bond acceptors (Lipinski definition) is 2. The summed E-state index contributed by atoms with van der Waals surface area (Å²) in [5.74, 6) is 0.209. The molecule has 1 saturated carbocycles. The van der Waals surface area contributed by atoms with Gasteiger partial charge in [-0.05, 0) is 31.1 Å². The van der Waals surface area contributed by atoms with Crippen LogP contribution in [-0.4, -0.2) is 17.1 Å². The Hall–Kier alpha value is -0.570. The van der Waals surface area contributed by atoms with Crippen LogP contribution < -0.4 is 5.73 Å². The second-order valence-corrected chi connectivity index (χ2v) is 4.34. The van der Waals surface area contributed by atoms with Crippen LogP contribution in [0.3, 0.4) is 0 Å². The van der Waals surface area contributed by atoms with E-state index in [9.17, 15) is 4.79 Å². The zero-order valence-corrected chi connectivity index (χ0v) is 8.36. The van der Waals surface area contributed by atoms with E-state index >= 15 is 0 Å². The fourth-order valence-electron chi connectivity index (χ4n) is 1.67. The summed E-state index contributed by atoms with van der Waals surface area (Å²) in [5, 5.41) is 8.74. The average molecular weight is 185 g/mol. The monoisotopic (exact) mass is 185 g/mol. The minimum absolute atomic E-state index is 0.187. The Morgan fingerprint density at radius 1 is 1.54 bits per heavy atom. The Kier molecular flexibility index (Phi) is 3.31. The predicted molar refractivity (Wildman–Crippen MR) is 51.3 cm³/mol. The highest BCUT2D eigenvalue weighted by atomic mass is 16.4. The van der Waals surface area contributed by atoms with E-state index in [1.54, 1.807) is 6.92 Å². The van der Waals surface area contributed by atoms with Crippen molar-refractivity contribution in [3.05, 3.63) is 0 Å². The number of carbonyl (C=O) groups is 1. The van der Waals surface area contributed by atoms with Gasteiger partial charge in [0.05, 0.1) is 5.92 Å². The smallest absolute Gasteiger partial charge is 0.307 e. The van der Waals surface area contributed by atoms with Gasteiger partial charge in [-0.1, -0.05) is 13.8 Å². The van der Waals surface area contributed by atoms with Gasteiger partial charge in [-0.25, -0.2) is 0 Å². The molecule has 1 unspecified atom stereocenters. The molecule has 1 aliphatic rings. The molecule has 0 radical (unpaired) electrons. The summed E-state index contributed by atoms with van der Waals surface area (Å²) < 4.78 is 0. The van der Waals surface area contributed by atoms with E-state index in [-0.39, 0.29) is 6.04 Å². The van der Waals surface area contributed by atoms with Crippen LogP contribution in [0.15, 0.2) is 0 Å². The second-order valence-electron chi connectivity index (χ2n) is 4.34. The molecule has 0 spiro atoms. The van der Waals surface area contributed by atoms with Gasteiger partial charge in [0.15, 0.2) is 0 Å². The lowest BCUT2D eigenvalue weighted by Crippen LogP contribution is -2.35. The molecule has 1 aliphatic carbocycles. The average Bonchev–Trinajstić information content (AvgIpc) is 2.84. The van der Waals surface area contributed by atoms with E-state index in [1.165, 1.54) is 12.8 Å². The van der Waals surface area contributed by atoms with Crippen molar-refractivity contribution in [2.75, 3.05) is 0 Å². The Morgan fingerprint density at radius 3 is 2.46 bits per heavy atom. The third-order valence-electron chi connectivity index (χ3n) is 3.10. The van der Waals surface area contributed by atoms with E-state index in [1.807, 2.05) is 0 Å². The maximum absolute atomic E-state index is 10.6. The van der Waals surface area contributed by atoms with E-state index in [0.717, 1.165) is 12.3 Å². The van der Waals surface area contributed by atoms with E-state index in [4.69, 9.17) is 10.8 Å². The number of aliphatic carboxylic acids is 1. The van der Waals surface area contributed by atoms with Crippen molar-refractivity contribution in [1.82, 2.24) is 0 Å². The maximum atomic E-state index is 10.6. The molecular formula is C10H19NO2. The van der Waals surface area contributed by atoms with Crippen LogP contribution in [0, 0.1) is 17.8 Å². The van der Waals surface area contributed by atoms with Gasteiger partial charge in [0, 0.05) is 6.04 Å². The van der Waals surface area contributed by atoms with Gasteiger partial charge < -0.3 is 10.8 Å². The first kappa shape index (κ1) is 10.5.